The molecule has 4 rings (SSSR count). The highest BCUT2D eigenvalue weighted by molar-refractivity contribution is 5.55. The zero-order valence-corrected chi connectivity index (χ0v) is 13.6. The molecule has 1 saturated carbocycles. The van der Waals surface area contributed by atoms with Gasteiger partial charge in [-0.15, -0.1) is 10.2 Å². The van der Waals surface area contributed by atoms with Crippen molar-refractivity contribution in [3.63, 3.8) is 0 Å². The highest BCUT2D eigenvalue weighted by Gasteiger charge is 2.18. The van der Waals surface area contributed by atoms with E-state index in [4.69, 9.17) is 0 Å². The van der Waals surface area contributed by atoms with Gasteiger partial charge in [-0.3, -0.25) is 4.68 Å². The van der Waals surface area contributed by atoms with Gasteiger partial charge in [0.1, 0.15) is 12.4 Å². The van der Waals surface area contributed by atoms with Crippen molar-refractivity contribution in [2.45, 2.75) is 45.2 Å². The summed E-state index contributed by atoms with van der Waals surface area (Å²) < 4.78 is 15.4. The molecule has 2 heterocycles. The van der Waals surface area contributed by atoms with E-state index >= 15 is 0 Å². The van der Waals surface area contributed by atoms with E-state index in [1.54, 1.807) is 19.1 Å². The Morgan fingerprint density at radius 3 is 2.79 bits per heavy atom. The number of hydrogen-bond donors (Lipinski definition) is 0. The third-order valence-electron chi connectivity index (χ3n) is 4.53. The van der Waals surface area contributed by atoms with Gasteiger partial charge in [0.05, 0.1) is 11.7 Å². The first-order valence-corrected chi connectivity index (χ1v) is 8.27. The molecule has 0 aliphatic heterocycles. The molecular formula is C17H19FN6. The molecule has 0 radical (unpaired) electrons. The quantitative estimate of drug-likeness (QED) is 0.739. The number of tetrazole rings is 1. The Balaban J connectivity index is 1.49. The van der Waals surface area contributed by atoms with E-state index in [1.807, 2.05) is 12.3 Å². The van der Waals surface area contributed by atoms with Crippen LogP contribution >= 0.6 is 0 Å². The summed E-state index contributed by atoms with van der Waals surface area (Å²) in [7, 11) is 0. The second-order valence-electron chi connectivity index (χ2n) is 6.33. The van der Waals surface area contributed by atoms with E-state index in [2.05, 4.69) is 25.2 Å². The minimum absolute atomic E-state index is 0.233. The Morgan fingerprint density at radius 1 is 1.17 bits per heavy atom. The summed E-state index contributed by atoms with van der Waals surface area (Å²) in [4.78, 5) is 1.52. The molecule has 2 aromatic heterocycles. The average Bonchev–Trinajstić information content (AvgIpc) is 3.31. The van der Waals surface area contributed by atoms with Crippen LogP contribution < -0.4 is 0 Å². The molecular weight excluding hydrogens is 307 g/mol. The topological polar surface area (TPSA) is 61.4 Å². The average molecular weight is 326 g/mol. The lowest BCUT2D eigenvalue weighted by Crippen LogP contribution is -2.08. The number of hydrogen-bond acceptors (Lipinski definition) is 4. The predicted molar refractivity (Wildman–Crippen MR) is 86.8 cm³/mol. The molecule has 6 nitrogen and oxygen atoms in total. The maximum atomic E-state index is 13.4. The zero-order chi connectivity index (χ0) is 16.5. The van der Waals surface area contributed by atoms with Crippen LogP contribution in [0.5, 0.6) is 0 Å². The Kier molecular flexibility index (Phi) is 3.84. The van der Waals surface area contributed by atoms with Crippen molar-refractivity contribution in [3.8, 4) is 11.4 Å². The largest absolute Gasteiger partial charge is 0.269 e. The number of halogens is 1. The molecule has 0 atom stereocenters. The molecule has 3 aromatic rings. The number of rotatable bonds is 4. The van der Waals surface area contributed by atoms with E-state index in [1.165, 1.54) is 36.5 Å². The first-order valence-electron chi connectivity index (χ1n) is 8.27. The summed E-state index contributed by atoms with van der Waals surface area (Å²) in [5.41, 5.74) is 2.25. The van der Waals surface area contributed by atoms with Crippen molar-refractivity contribution in [2.24, 2.45) is 0 Å². The van der Waals surface area contributed by atoms with E-state index < -0.39 is 0 Å². The van der Waals surface area contributed by atoms with E-state index in [0.717, 1.165) is 11.3 Å². The lowest BCUT2D eigenvalue weighted by Gasteiger charge is -2.08. The summed E-state index contributed by atoms with van der Waals surface area (Å²) >= 11 is 0. The Hall–Kier alpha value is -2.57. The summed E-state index contributed by atoms with van der Waals surface area (Å²) in [6, 6.07) is 7.35. The van der Waals surface area contributed by atoms with Crippen molar-refractivity contribution in [3.05, 3.63) is 47.5 Å². The van der Waals surface area contributed by atoms with E-state index in [-0.39, 0.29) is 5.82 Å². The molecule has 0 saturated heterocycles. The zero-order valence-electron chi connectivity index (χ0n) is 13.6. The minimum Gasteiger partial charge on any atom is -0.269 e. The second kappa shape index (κ2) is 6.14. The number of aromatic nitrogens is 6. The SMILES string of the molecule is Cc1cc(-c2nnn(Cc3ccn(C4CCCC4)n3)n2)ccc1F. The molecule has 0 N–H and O–H groups in total. The maximum absolute atomic E-state index is 13.4. The molecule has 0 bridgehead atoms. The molecule has 7 heteroatoms. The van der Waals surface area contributed by atoms with Gasteiger partial charge < -0.3 is 0 Å². The fourth-order valence-electron chi connectivity index (χ4n) is 3.19. The normalized spacial score (nSPS) is 15.2. The van der Waals surface area contributed by atoms with Crippen molar-refractivity contribution in [2.75, 3.05) is 0 Å². The molecule has 0 amide bonds. The van der Waals surface area contributed by atoms with Crippen LogP contribution in [0, 0.1) is 12.7 Å². The van der Waals surface area contributed by atoms with Crippen LogP contribution in [-0.4, -0.2) is 30.0 Å². The van der Waals surface area contributed by atoms with Crippen LogP contribution in [0.4, 0.5) is 4.39 Å². The number of aryl methyl sites for hydroxylation is 1. The summed E-state index contributed by atoms with van der Waals surface area (Å²) in [6.45, 7) is 2.20. The number of benzene rings is 1. The highest BCUT2D eigenvalue weighted by atomic mass is 19.1. The minimum atomic E-state index is -0.233. The predicted octanol–water partition coefficient (Wildman–Crippen LogP) is 3.15. The van der Waals surface area contributed by atoms with Gasteiger partial charge in [0, 0.05) is 11.8 Å². The van der Waals surface area contributed by atoms with Crippen LogP contribution in [-0.2, 0) is 6.54 Å². The van der Waals surface area contributed by atoms with Gasteiger partial charge in [-0.1, -0.05) is 12.8 Å². The Morgan fingerprint density at radius 2 is 2.00 bits per heavy atom. The first kappa shape index (κ1) is 15.0. The third kappa shape index (κ3) is 2.93. The first-order chi connectivity index (χ1) is 11.7. The standard InChI is InChI=1S/C17H19FN6/c1-12-10-13(6-7-16(12)18)17-19-22-24(21-17)11-14-8-9-23(20-14)15-4-2-3-5-15/h6-10,15H,2-5,11H2,1H3. The van der Waals surface area contributed by atoms with Crippen molar-refractivity contribution >= 4 is 0 Å². The van der Waals surface area contributed by atoms with Crippen LogP contribution in [0.3, 0.4) is 0 Å². The van der Waals surface area contributed by atoms with Crippen LogP contribution in [0.25, 0.3) is 11.4 Å². The molecule has 1 aliphatic carbocycles. The van der Waals surface area contributed by atoms with Crippen molar-refractivity contribution < 1.29 is 4.39 Å². The Labute approximate surface area is 139 Å². The van der Waals surface area contributed by atoms with Crippen LogP contribution in [0.2, 0.25) is 0 Å². The van der Waals surface area contributed by atoms with Gasteiger partial charge >= 0.3 is 0 Å². The molecule has 124 valence electrons. The van der Waals surface area contributed by atoms with Gasteiger partial charge in [0.2, 0.25) is 5.82 Å². The second-order valence-corrected chi connectivity index (χ2v) is 6.33. The summed E-state index contributed by atoms with van der Waals surface area (Å²) in [6.07, 6.45) is 7.01. The lowest BCUT2D eigenvalue weighted by molar-refractivity contribution is 0.457. The summed E-state index contributed by atoms with van der Waals surface area (Å²) in [5.74, 6) is 0.261. The molecule has 24 heavy (non-hydrogen) atoms. The van der Waals surface area contributed by atoms with Gasteiger partial charge in [0.15, 0.2) is 0 Å². The fraction of sp³-hybridized carbons (Fsp3) is 0.412. The maximum Gasteiger partial charge on any atom is 0.204 e. The molecule has 0 unspecified atom stereocenters. The van der Waals surface area contributed by atoms with Gasteiger partial charge in [-0.2, -0.15) is 9.90 Å². The molecule has 0 spiro atoms. The van der Waals surface area contributed by atoms with Crippen LogP contribution in [0.1, 0.15) is 43.0 Å². The van der Waals surface area contributed by atoms with Crippen molar-refractivity contribution in [1.82, 2.24) is 30.0 Å². The lowest BCUT2D eigenvalue weighted by atomic mass is 10.1. The third-order valence-corrected chi connectivity index (χ3v) is 4.53. The number of nitrogens with zero attached hydrogens (tertiary/aromatic N) is 6. The Bertz CT molecular complexity index is 846. The van der Waals surface area contributed by atoms with E-state index in [9.17, 15) is 4.39 Å². The highest BCUT2D eigenvalue weighted by Crippen LogP contribution is 2.28. The monoisotopic (exact) mass is 326 g/mol. The van der Waals surface area contributed by atoms with Crippen LogP contribution in [0.15, 0.2) is 30.5 Å². The molecule has 1 aromatic carbocycles. The fourth-order valence-corrected chi connectivity index (χ4v) is 3.19. The molecule has 1 aliphatic rings. The van der Waals surface area contributed by atoms with Gasteiger partial charge in [-0.05, 0) is 54.8 Å². The smallest absolute Gasteiger partial charge is 0.204 e. The van der Waals surface area contributed by atoms with Gasteiger partial charge in [0.25, 0.3) is 0 Å². The van der Waals surface area contributed by atoms with E-state index in [0.29, 0.717) is 24.0 Å². The van der Waals surface area contributed by atoms with Gasteiger partial charge in [-0.25, -0.2) is 4.39 Å². The molecule has 1 fully saturated rings. The van der Waals surface area contributed by atoms with Crippen molar-refractivity contribution in [1.29, 1.82) is 0 Å². The summed E-state index contributed by atoms with van der Waals surface area (Å²) in [5, 5.41) is 17.2.